The number of aryl methyl sites for hydroxylation is 1. The largest absolute Gasteiger partial charge is 0.389 e. The molecule has 0 amide bonds. The van der Waals surface area contributed by atoms with Crippen molar-refractivity contribution in [3.8, 4) is 0 Å². The average Bonchev–Trinajstić information content (AvgIpc) is 2.43. The lowest BCUT2D eigenvalue weighted by atomic mass is 10.0. The molecule has 1 rings (SSSR count). The number of nitrogens with two attached hydrogens (primary N) is 1. The quantitative estimate of drug-likeness (QED) is 0.711. The molecule has 0 saturated carbocycles. The predicted octanol–water partition coefficient (Wildman–Crippen LogP) is 3.22. The first-order valence-corrected chi connectivity index (χ1v) is 7.76. The molecule has 1 aromatic rings. The summed E-state index contributed by atoms with van der Waals surface area (Å²) in [4.78, 5) is 1.23. The Kier molecular flexibility index (Phi) is 6.76. The third kappa shape index (κ3) is 5.01. The number of thioether (sulfide) groups is 1. The molecule has 0 aliphatic heterocycles. The van der Waals surface area contributed by atoms with Crippen LogP contribution in [-0.4, -0.2) is 23.0 Å². The van der Waals surface area contributed by atoms with E-state index in [1.165, 1.54) is 10.5 Å². The fourth-order valence-corrected chi connectivity index (χ4v) is 2.90. The Morgan fingerprint density at radius 3 is 2.28 bits per heavy atom. The van der Waals surface area contributed by atoms with E-state index in [0.29, 0.717) is 0 Å². The van der Waals surface area contributed by atoms with Gasteiger partial charge in [0.25, 0.3) is 0 Å². The van der Waals surface area contributed by atoms with E-state index in [4.69, 9.17) is 5.73 Å². The number of benzene rings is 1. The van der Waals surface area contributed by atoms with Gasteiger partial charge in [-0.1, -0.05) is 26.0 Å². The first kappa shape index (κ1) is 15.5. The van der Waals surface area contributed by atoms with Gasteiger partial charge in [-0.05, 0) is 49.9 Å². The summed E-state index contributed by atoms with van der Waals surface area (Å²) >= 11 is 1.73. The van der Waals surface area contributed by atoms with Crippen LogP contribution in [0.2, 0.25) is 0 Å². The van der Waals surface area contributed by atoms with Crippen molar-refractivity contribution in [3.05, 3.63) is 29.8 Å². The van der Waals surface area contributed by atoms with Crippen LogP contribution in [0.5, 0.6) is 0 Å². The first-order valence-electron chi connectivity index (χ1n) is 6.77. The Balaban J connectivity index is 2.48. The minimum absolute atomic E-state index is 0.525. The summed E-state index contributed by atoms with van der Waals surface area (Å²) in [5.74, 6) is 0.766. The topological polar surface area (TPSA) is 46.2 Å². The molecule has 1 aromatic carbocycles. The Labute approximate surface area is 115 Å². The monoisotopic (exact) mass is 267 g/mol. The second-order valence-corrected chi connectivity index (χ2v) is 5.81. The van der Waals surface area contributed by atoms with Crippen LogP contribution in [0.25, 0.3) is 0 Å². The molecule has 0 aliphatic carbocycles. The van der Waals surface area contributed by atoms with E-state index in [-0.39, 0.29) is 0 Å². The summed E-state index contributed by atoms with van der Waals surface area (Å²) in [6.45, 7) is 4.83. The highest BCUT2D eigenvalue weighted by Gasteiger charge is 2.21. The van der Waals surface area contributed by atoms with Crippen LogP contribution in [0.3, 0.4) is 0 Å². The maximum absolute atomic E-state index is 10.2. The summed E-state index contributed by atoms with van der Waals surface area (Å²) in [7, 11) is 0. The minimum atomic E-state index is -0.525. The van der Waals surface area contributed by atoms with E-state index in [1.807, 2.05) is 13.8 Å². The SMILES string of the molecule is CCC(O)(CC)CSc1ccc(CCCN)cc1. The average molecular weight is 267 g/mol. The van der Waals surface area contributed by atoms with Crippen molar-refractivity contribution in [2.45, 2.75) is 50.0 Å². The van der Waals surface area contributed by atoms with Gasteiger partial charge >= 0.3 is 0 Å². The van der Waals surface area contributed by atoms with Gasteiger partial charge in [-0.25, -0.2) is 0 Å². The van der Waals surface area contributed by atoms with Crippen molar-refractivity contribution < 1.29 is 5.11 Å². The molecule has 0 fully saturated rings. The number of aliphatic hydroxyl groups is 1. The van der Waals surface area contributed by atoms with E-state index < -0.39 is 5.60 Å². The minimum Gasteiger partial charge on any atom is -0.389 e. The molecule has 3 N–H and O–H groups in total. The summed E-state index contributed by atoms with van der Waals surface area (Å²) in [6.07, 6.45) is 3.71. The fraction of sp³-hybridized carbons (Fsp3) is 0.600. The van der Waals surface area contributed by atoms with Gasteiger partial charge in [0, 0.05) is 10.6 Å². The lowest BCUT2D eigenvalue weighted by Crippen LogP contribution is -2.29. The van der Waals surface area contributed by atoms with Crippen LogP contribution in [0.1, 0.15) is 38.7 Å². The molecule has 3 heteroatoms. The molecule has 102 valence electrons. The van der Waals surface area contributed by atoms with E-state index in [9.17, 15) is 5.11 Å². The van der Waals surface area contributed by atoms with Crippen LogP contribution >= 0.6 is 11.8 Å². The van der Waals surface area contributed by atoms with Gasteiger partial charge < -0.3 is 10.8 Å². The molecule has 0 bridgehead atoms. The maximum Gasteiger partial charge on any atom is 0.0736 e. The summed E-state index contributed by atoms with van der Waals surface area (Å²) in [6, 6.07) is 8.61. The Morgan fingerprint density at radius 2 is 1.78 bits per heavy atom. The molecule has 0 saturated heterocycles. The Hall–Kier alpha value is -0.510. The number of hydrogen-bond donors (Lipinski definition) is 2. The van der Waals surface area contributed by atoms with Crippen LogP contribution in [0.15, 0.2) is 29.2 Å². The number of hydrogen-bond acceptors (Lipinski definition) is 3. The molecule has 18 heavy (non-hydrogen) atoms. The van der Waals surface area contributed by atoms with Crippen molar-refractivity contribution in [2.24, 2.45) is 5.73 Å². The third-order valence-electron chi connectivity index (χ3n) is 3.42. The second kappa shape index (κ2) is 7.82. The normalized spacial score (nSPS) is 11.8. The first-order chi connectivity index (χ1) is 8.63. The van der Waals surface area contributed by atoms with Crippen LogP contribution < -0.4 is 5.73 Å². The molecule has 0 aliphatic rings. The molecular weight excluding hydrogens is 242 g/mol. The smallest absolute Gasteiger partial charge is 0.0736 e. The second-order valence-electron chi connectivity index (χ2n) is 4.76. The van der Waals surface area contributed by atoms with Gasteiger partial charge in [0.2, 0.25) is 0 Å². The van der Waals surface area contributed by atoms with Crippen LogP contribution in [0, 0.1) is 0 Å². The van der Waals surface area contributed by atoms with Gasteiger partial charge in [-0.15, -0.1) is 11.8 Å². The van der Waals surface area contributed by atoms with Crippen molar-refractivity contribution in [1.29, 1.82) is 0 Å². The highest BCUT2D eigenvalue weighted by atomic mass is 32.2. The predicted molar refractivity (Wildman–Crippen MR) is 80.1 cm³/mol. The fourth-order valence-electron chi connectivity index (χ4n) is 1.73. The maximum atomic E-state index is 10.2. The van der Waals surface area contributed by atoms with Crippen LogP contribution in [0.4, 0.5) is 0 Å². The molecule has 0 unspecified atom stereocenters. The molecule has 0 atom stereocenters. The van der Waals surface area contributed by atoms with Gasteiger partial charge in [0.05, 0.1) is 5.60 Å². The highest BCUT2D eigenvalue weighted by Crippen LogP contribution is 2.27. The highest BCUT2D eigenvalue weighted by molar-refractivity contribution is 7.99. The van der Waals surface area contributed by atoms with Crippen molar-refractivity contribution in [3.63, 3.8) is 0 Å². The van der Waals surface area contributed by atoms with E-state index in [0.717, 1.165) is 38.0 Å². The zero-order valence-corrected chi connectivity index (χ0v) is 12.3. The molecule has 0 aromatic heterocycles. The van der Waals surface area contributed by atoms with Gasteiger partial charge in [-0.3, -0.25) is 0 Å². The third-order valence-corrected chi connectivity index (χ3v) is 4.70. The van der Waals surface area contributed by atoms with Gasteiger partial charge in [0.1, 0.15) is 0 Å². The van der Waals surface area contributed by atoms with Gasteiger partial charge in [-0.2, -0.15) is 0 Å². The lowest BCUT2D eigenvalue weighted by molar-refractivity contribution is 0.0572. The van der Waals surface area contributed by atoms with E-state index in [1.54, 1.807) is 11.8 Å². The lowest BCUT2D eigenvalue weighted by Gasteiger charge is -2.24. The van der Waals surface area contributed by atoms with Crippen molar-refractivity contribution in [1.82, 2.24) is 0 Å². The number of rotatable bonds is 8. The van der Waals surface area contributed by atoms with E-state index >= 15 is 0 Å². The molecule has 0 radical (unpaired) electrons. The molecular formula is C15H25NOS. The Bertz CT molecular complexity index is 333. The van der Waals surface area contributed by atoms with Gasteiger partial charge in [0.15, 0.2) is 0 Å². The zero-order valence-electron chi connectivity index (χ0n) is 11.5. The van der Waals surface area contributed by atoms with Crippen LogP contribution in [-0.2, 0) is 6.42 Å². The standard InChI is InChI=1S/C15H25NOS/c1-3-15(17,4-2)12-18-14-9-7-13(8-10-14)6-5-11-16/h7-10,17H,3-6,11-12,16H2,1-2H3. The zero-order chi connectivity index (χ0) is 13.4. The Morgan fingerprint density at radius 1 is 1.17 bits per heavy atom. The van der Waals surface area contributed by atoms with Crippen molar-refractivity contribution >= 4 is 11.8 Å². The molecule has 2 nitrogen and oxygen atoms in total. The molecule has 0 spiro atoms. The summed E-state index contributed by atoms with van der Waals surface area (Å²) in [5, 5.41) is 10.2. The summed E-state index contributed by atoms with van der Waals surface area (Å²) in [5.41, 5.74) is 6.31. The van der Waals surface area contributed by atoms with E-state index in [2.05, 4.69) is 24.3 Å². The van der Waals surface area contributed by atoms with Crippen molar-refractivity contribution in [2.75, 3.05) is 12.3 Å². The summed E-state index contributed by atoms with van der Waals surface area (Å²) < 4.78 is 0. The molecule has 0 heterocycles.